The molecule has 0 bridgehead atoms. The van der Waals surface area contributed by atoms with Gasteiger partial charge < -0.3 is 0 Å². The van der Waals surface area contributed by atoms with Crippen molar-refractivity contribution < 1.29 is 4.92 Å². The van der Waals surface area contributed by atoms with Crippen molar-refractivity contribution in [3.63, 3.8) is 0 Å². The zero-order valence-corrected chi connectivity index (χ0v) is 9.96. The van der Waals surface area contributed by atoms with Gasteiger partial charge in [-0.3, -0.25) is 10.1 Å². The number of nitro benzene ring substituents is 1. The number of rotatable bonds is 1. The molecule has 3 nitrogen and oxygen atoms in total. The summed E-state index contributed by atoms with van der Waals surface area (Å²) in [6.45, 7) is 0. The minimum atomic E-state index is -0.298. The van der Waals surface area contributed by atoms with Gasteiger partial charge in [-0.05, 0) is 28.1 Å². The molecule has 1 aliphatic rings. The molecule has 0 N–H and O–H groups in total. The first-order valence-corrected chi connectivity index (χ1v) is 6.07. The Balaban J connectivity index is 2.28. The molecular formula is C16H9NO2. The highest BCUT2D eigenvalue weighted by Crippen LogP contribution is 2.50. The minimum Gasteiger partial charge on any atom is -0.258 e. The number of fused-ring (bicyclic) bond motifs is 3. The highest BCUT2D eigenvalue weighted by atomic mass is 16.6. The molecule has 0 aromatic heterocycles. The lowest BCUT2D eigenvalue weighted by Crippen LogP contribution is -1.91. The molecule has 3 heteroatoms. The standard InChI is InChI=1S/C16H9NO2/c18-17(19)14-9-8-10-4-3-7-12-11-5-1-2-6-13(11)16(14)15(10)12/h1-9H. The van der Waals surface area contributed by atoms with Crippen LogP contribution in [0.2, 0.25) is 0 Å². The van der Waals surface area contributed by atoms with E-state index >= 15 is 0 Å². The van der Waals surface area contributed by atoms with Crippen LogP contribution in [-0.4, -0.2) is 4.92 Å². The van der Waals surface area contributed by atoms with Crippen LogP contribution in [0.15, 0.2) is 54.6 Å². The van der Waals surface area contributed by atoms with Crippen molar-refractivity contribution in [3.8, 4) is 22.3 Å². The third kappa shape index (κ3) is 1.21. The summed E-state index contributed by atoms with van der Waals surface area (Å²) < 4.78 is 0. The largest absolute Gasteiger partial charge is 0.277 e. The lowest BCUT2D eigenvalue weighted by atomic mass is 10.0. The van der Waals surface area contributed by atoms with Crippen molar-refractivity contribution in [1.29, 1.82) is 0 Å². The second kappa shape index (κ2) is 3.42. The molecule has 0 unspecified atom stereocenters. The van der Waals surface area contributed by atoms with Crippen LogP contribution in [0.3, 0.4) is 0 Å². The van der Waals surface area contributed by atoms with Crippen molar-refractivity contribution in [2.75, 3.05) is 0 Å². The lowest BCUT2D eigenvalue weighted by Gasteiger charge is -2.02. The van der Waals surface area contributed by atoms with Gasteiger partial charge >= 0.3 is 0 Å². The lowest BCUT2D eigenvalue weighted by molar-refractivity contribution is -0.384. The molecule has 0 saturated carbocycles. The number of nitro groups is 1. The Morgan fingerprint density at radius 1 is 0.789 bits per heavy atom. The third-order valence-corrected chi connectivity index (χ3v) is 3.71. The monoisotopic (exact) mass is 247 g/mol. The minimum absolute atomic E-state index is 0.185. The van der Waals surface area contributed by atoms with Crippen LogP contribution in [0, 0.1) is 10.1 Å². The number of hydrogen-bond acceptors (Lipinski definition) is 2. The van der Waals surface area contributed by atoms with Crippen molar-refractivity contribution in [1.82, 2.24) is 0 Å². The quantitative estimate of drug-likeness (QED) is 0.369. The predicted octanol–water partition coefficient (Wildman–Crippen LogP) is 4.40. The smallest absolute Gasteiger partial charge is 0.258 e. The summed E-state index contributed by atoms with van der Waals surface area (Å²) in [6, 6.07) is 17.3. The van der Waals surface area contributed by atoms with Gasteiger partial charge in [0.05, 0.1) is 10.5 Å². The highest BCUT2D eigenvalue weighted by Gasteiger charge is 2.27. The third-order valence-electron chi connectivity index (χ3n) is 3.71. The van der Waals surface area contributed by atoms with Crippen LogP contribution in [0.25, 0.3) is 33.0 Å². The average Bonchev–Trinajstić information content (AvgIpc) is 2.77. The molecule has 0 heterocycles. The molecule has 0 spiro atoms. The van der Waals surface area contributed by atoms with Gasteiger partial charge in [0, 0.05) is 11.5 Å². The van der Waals surface area contributed by atoms with Crippen molar-refractivity contribution >= 4 is 16.5 Å². The molecule has 4 rings (SSSR count). The van der Waals surface area contributed by atoms with Gasteiger partial charge in [-0.25, -0.2) is 0 Å². The van der Waals surface area contributed by atoms with Crippen LogP contribution in [-0.2, 0) is 0 Å². The number of hydrogen-bond donors (Lipinski definition) is 0. The maximum Gasteiger partial charge on any atom is 0.277 e. The molecule has 90 valence electrons. The Morgan fingerprint density at radius 2 is 1.53 bits per heavy atom. The summed E-state index contributed by atoms with van der Waals surface area (Å²) in [7, 11) is 0. The first kappa shape index (κ1) is 10.3. The summed E-state index contributed by atoms with van der Waals surface area (Å²) in [5.41, 5.74) is 4.07. The van der Waals surface area contributed by atoms with E-state index in [1.54, 1.807) is 6.07 Å². The molecular weight excluding hydrogens is 238 g/mol. The first-order valence-electron chi connectivity index (χ1n) is 6.07. The van der Waals surface area contributed by atoms with E-state index in [9.17, 15) is 10.1 Å². The van der Waals surface area contributed by atoms with E-state index < -0.39 is 0 Å². The normalized spacial score (nSPS) is 11.6. The van der Waals surface area contributed by atoms with E-state index in [0.717, 1.165) is 33.0 Å². The molecule has 3 aromatic carbocycles. The molecule has 0 fully saturated rings. The molecule has 0 aliphatic heterocycles. The van der Waals surface area contributed by atoms with E-state index in [1.165, 1.54) is 0 Å². The van der Waals surface area contributed by atoms with Gasteiger partial charge in [0.1, 0.15) is 0 Å². The molecule has 1 aliphatic carbocycles. The predicted molar refractivity (Wildman–Crippen MR) is 75.0 cm³/mol. The highest BCUT2D eigenvalue weighted by molar-refractivity contribution is 6.17. The molecule has 19 heavy (non-hydrogen) atoms. The molecule has 0 radical (unpaired) electrons. The van der Waals surface area contributed by atoms with Gasteiger partial charge in [-0.1, -0.05) is 42.5 Å². The summed E-state index contributed by atoms with van der Waals surface area (Å²) in [6.07, 6.45) is 0. The topological polar surface area (TPSA) is 43.1 Å². The van der Waals surface area contributed by atoms with Crippen molar-refractivity contribution in [2.24, 2.45) is 0 Å². The molecule has 0 saturated heterocycles. The van der Waals surface area contributed by atoms with E-state index in [0.29, 0.717) is 0 Å². The Bertz CT molecular complexity index is 852. The fourth-order valence-corrected chi connectivity index (χ4v) is 2.95. The van der Waals surface area contributed by atoms with Crippen LogP contribution < -0.4 is 0 Å². The summed E-state index contributed by atoms with van der Waals surface area (Å²) in [5, 5.41) is 13.3. The van der Waals surface area contributed by atoms with Crippen LogP contribution in [0.1, 0.15) is 0 Å². The number of nitrogens with zero attached hydrogens (tertiary/aromatic N) is 1. The van der Waals surface area contributed by atoms with E-state index in [-0.39, 0.29) is 10.6 Å². The van der Waals surface area contributed by atoms with E-state index in [2.05, 4.69) is 0 Å². The average molecular weight is 247 g/mol. The molecule has 0 atom stereocenters. The fourth-order valence-electron chi connectivity index (χ4n) is 2.95. The zero-order valence-electron chi connectivity index (χ0n) is 9.96. The van der Waals surface area contributed by atoms with Gasteiger partial charge in [-0.2, -0.15) is 0 Å². The second-order valence-corrected chi connectivity index (χ2v) is 4.67. The van der Waals surface area contributed by atoms with E-state index in [4.69, 9.17) is 0 Å². The van der Waals surface area contributed by atoms with Crippen LogP contribution >= 0.6 is 0 Å². The Labute approximate surface area is 109 Å². The second-order valence-electron chi connectivity index (χ2n) is 4.67. The fraction of sp³-hybridized carbons (Fsp3) is 0. The Kier molecular flexibility index (Phi) is 1.85. The Hall–Kier alpha value is -2.68. The van der Waals surface area contributed by atoms with Crippen LogP contribution in [0.5, 0.6) is 0 Å². The first-order chi connectivity index (χ1) is 9.27. The van der Waals surface area contributed by atoms with Crippen LogP contribution in [0.4, 0.5) is 5.69 Å². The number of benzene rings is 3. The Morgan fingerprint density at radius 3 is 2.32 bits per heavy atom. The van der Waals surface area contributed by atoms with Crippen molar-refractivity contribution in [2.45, 2.75) is 0 Å². The summed E-state index contributed by atoms with van der Waals surface area (Å²) in [4.78, 5) is 11.0. The van der Waals surface area contributed by atoms with Gasteiger partial charge in [0.15, 0.2) is 0 Å². The van der Waals surface area contributed by atoms with Gasteiger partial charge in [-0.15, -0.1) is 0 Å². The SMILES string of the molecule is O=[N+]([O-])c1ccc2cccc3c2c1-c1ccccc1-3. The van der Waals surface area contributed by atoms with Gasteiger partial charge in [0.25, 0.3) is 5.69 Å². The summed E-state index contributed by atoms with van der Waals surface area (Å²) in [5.74, 6) is 0. The maximum atomic E-state index is 11.3. The summed E-state index contributed by atoms with van der Waals surface area (Å²) >= 11 is 0. The van der Waals surface area contributed by atoms with Crippen molar-refractivity contribution in [3.05, 3.63) is 64.7 Å². The maximum absolute atomic E-state index is 11.3. The molecule has 3 aromatic rings. The van der Waals surface area contributed by atoms with E-state index in [1.807, 2.05) is 48.5 Å². The zero-order chi connectivity index (χ0) is 13.0. The molecule has 0 amide bonds. The van der Waals surface area contributed by atoms with Gasteiger partial charge in [0.2, 0.25) is 0 Å².